The number of rotatable bonds is 4. The zero-order chi connectivity index (χ0) is 21.7. The van der Waals surface area contributed by atoms with E-state index < -0.39 is 24.0 Å². The quantitative estimate of drug-likeness (QED) is 0.433. The number of aliphatic hydroxyl groups is 1. The lowest BCUT2D eigenvalue weighted by Gasteiger charge is -2.18. The summed E-state index contributed by atoms with van der Waals surface area (Å²) >= 11 is 0. The first kappa shape index (κ1) is 19.7. The Balaban J connectivity index is 2.09. The molecule has 4 rings (SSSR count). The van der Waals surface area contributed by atoms with Crippen LogP contribution in [0.2, 0.25) is 0 Å². The van der Waals surface area contributed by atoms with E-state index in [1.165, 1.54) is 20.3 Å². The fraction of sp³-hybridized carbons (Fsp3) is 0.250. The number of phenols is 1. The van der Waals surface area contributed by atoms with Gasteiger partial charge in [0.05, 0.1) is 30.4 Å². The van der Waals surface area contributed by atoms with Crippen molar-refractivity contribution in [1.82, 2.24) is 0 Å². The lowest BCUT2D eigenvalue weighted by molar-refractivity contribution is -0.0555. The van der Waals surface area contributed by atoms with Gasteiger partial charge in [0.15, 0.2) is 23.5 Å². The van der Waals surface area contributed by atoms with Crippen molar-refractivity contribution < 1.29 is 48.3 Å². The van der Waals surface area contributed by atoms with E-state index in [0.717, 1.165) is 0 Å². The van der Waals surface area contributed by atoms with Crippen LogP contribution in [-0.2, 0) is 16.1 Å². The number of aromatic hydroxyl groups is 1. The van der Waals surface area contributed by atoms with E-state index in [1.54, 1.807) is 6.92 Å². The third kappa shape index (κ3) is 2.61. The predicted octanol–water partition coefficient (Wildman–Crippen LogP) is 2.15. The molecule has 0 spiro atoms. The Morgan fingerprint density at radius 1 is 1.10 bits per heavy atom. The summed E-state index contributed by atoms with van der Waals surface area (Å²) in [6, 6.07) is 1.47. The summed E-state index contributed by atoms with van der Waals surface area (Å²) in [4.78, 5) is 36.9. The number of aldehydes is 1. The highest BCUT2D eigenvalue weighted by molar-refractivity contribution is 6.03. The molecule has 0 aliphatic carbocycles. The van der Waals surface area contributed by atoms with Crippen LogP contribution in [0.25, 0.3) is 0 Å². The third-order valence-electron chi connectivity index (χ3n) is 4.90. The summed E-state index contributed by atoms with van der Waals surface area (Å²) in [6.07, 6.45) is -1.33. The zero-order valence-electron chi connectivity index (χ0n) is 16.1. The second-order valence-corrected chi connectivity index (χ2v) is 6.59. The van der Waals surface area contributed by atoms with Gasteiger partial charge < -0.3 is 33.9 Å². The molecule has 0 radical (unpaired) electrons. The van der Waals surface area contributed by atoms with Crippen molar-refractivity contribution in [2.45, 2.75) is 19.8 Å². The first-order chi connectivity index (χ1) is 14.3. The molecule has 2 aromatic rings. The standard InChI is InChI=1S/C20H16O10/c1-7-4-10(27-3)8(5-21)15-11(7)18(23)29-16-9(6-26-2)14(22)12-13(17(16)28-15)20(25)30-19(12)24/h4-5,20,22,25H,6H2,1-3H3. The lowest BCUT2D eigenvalue weighted by Crippen LogP contribution is -2.12. The second-order valence-electron chi connectivity index (χ2n) is 6.59. The van der Waals surface area contributed by atoms with Gasteiger partial charge in [0.2, 0.25) is 6.29 Å². The van der Waals surface area contributed by atoms with Crippen LogP contribution in [0.5, 0.6) is 28.7 Å². The van der Waals surface area contributed by atoms with Crippen LogP contribution in [0.15, 0.2) is 6.07 Å². The van der Waals surface area contributed by atoms with Crippen LogP contribution >= 0.6 is 0 Å². The van der Waals surface area contributed by atoms with Gasteiger partial charge in [-0.2, -0.15) is 0 Å². The second kappa shape index (κ2) is 7.01. The molecule has 0 aromatic heterocycles. The molecule has 1 unspecified atom stereocenters. The molecule has 0 saturated carbocycles. The number of fused-ring (bicyclic) bond motifs is 4. The minimum absolute atomic E-state index is 0.0505. The summed E-state index contributed by atoms with van der Waals surface area (Å²) in [5.74, 6) is -2.97. The Bertz CT molecular complexity index is 1120. The Hall–Kier alpha value is -3.63. The Morgan fingerprint density at radius 3 is 2.47 bits per heavy atom. The van der Waals surface area contributed by atoms with Gasteiger partial charge in [-0.25, -0.2) is 9.59 Å². The van der Waals surface area contributed by atoms with E-state index in [1.807, 2.05) is 0 Å². The normalized spacial score (nSPS) is 16.5. The van der Waals surface area contributed by atoms with Crippen molar-refractivity contribution in [3.05, 3.63) is 39.4 Å². The molecule has 0 saturated heterocycles. The van der Waals surface area contributed by atoms with Crippen LogP contribution in [0.4, 0.5) is 0 Å². The fourth-order valence-electron chi connectivity index (χ4n) is 3.57. The summed E-state index contributed by atoms with van der Waals surface area (Å²) in [6.45, 7) is 1.34. The number of carbonyl (C=O) groups excluding carboxylic acids is 3. The molecule has 0 bridgehead atoms. The average Bonchev–Trinajstić information content (AvgIpc) is 2.91. The Morgan fingerprint density at radius 2 is 1.83 bits per heavy atom. The van der Waals surface area contributed by atoms with Crippen molar-refractivity contribution in [1.29, 1.82) is 0 Å². The summed E-state index contributed by atoms with van der Waals surface area (Å²) in [7, 11) is 2.68. The van der Waals surface area contributed by atoms with Crippen LogP contribution in [0.1, 0.15) is 54.1 Å². The number of benzene rings is 2. The van der Waals surface area contributed by atoms with Crippen molar-refractivity contribution in [2.75, 3.05) is 14.2 Å². The number of esters is 2. The smallest absolute Gasteiger partial charge is 0.347 e. The van der Waals surface area contributed by atoms with Gasteiger partial charge in [0.25, 0.3) is 0 Å². The largest absolute Gasteiger partial charge is 0.507 e. The van der Waals surface area contributed by atoms with E-state index in [-0.39, 0.29) is 57.4 Å². The van der Waals surface area contributed by atoms with Crippen LogP contribution in [0.3, 0.4) is 0 Å². The highest BCUT2D eigenvalue weighted by Crippen LogP contribution is 2.54. The van der Waals surface area contributed by atoms with Crippen molar-refractivity contribution in [3.63, 3.8) is 0 Å². The highest BCUT2D eigenvalue weighted by Gasteiger charge is 2.43. The fourth-order valence-corrected chi connectivity index (χ4v) is 3.57. The van der Waals surface area contributed by atoms with Gasteiger partial charge in [-0.3, -0.25) is 4.79 Å². The number of aryl methyl sites for hydroxylation is 1. The number of aliphatic hydroxyl groups excluding tert-OH is 1. The molecule has 30 heavy (non-hydrogen) atoms. The molecule has 2 aromatic carbocycles. The molecule has 0 fully saturated rings. The number of methoxy groups -OCH3 is 2. The van der Waals surface area contributed by atoms with Crippen molar-refractivity contribution in [3.8, 4) is 28.7 Å². The van der Waals surface area contributed by atoms with E-state index in [0.29, 0.717) is 11.8 Å². The van der Waals surface area contributed by atoms with Gasteiger partial charge in [-0.05, 0) is 18.6 Å². The van der Waals surface area contributed by atoms with Gasteiger partial charge >= 0.3 is 11.9 Å². The Labute approximate surface area is 169 Å². The molecule has 2 N–H and O–H groups in total. The molecule has 0 amide bonds. The van der Waals surface area contributed by atoms with E-state index in [9.17, 15) is 24.6 Å². The maximum absolute atomic E-state index is 12.9. The maximum atomic E-state index is 12.9. The first-order valence-electron chi connectivity index (χ1n) is 8.70. The predicted molar refractivity (Wildman–Crippen MR) is 97.3 cm³/mol. The zero-order valence-corrected chi connectivity index (χ0v) is 16.1. The number of hydrogen-bond donors (Lipinski definition) is 2. The number of cyclic esters (lactones) is 1. The SMILES string of the molecule is COCc1c(O)c2c(c3c1OC(=O)c1c(C)cc(OC)c(C=O)c1O3)C(O)OC2=O. The number of carbonyl (C=O) groups is 3. The molecule has 10 heteroatoms. The van der Waals surface area contributed by atoms with E-state index in [2.05, 4.69) is 0 Å². The minimum atomic E-state index is -1.78. The van der Waals surface area contributed by atoms with Crippen LogP contribution in [0, 0.1) is 6.92 Å². The van der Waals surface area contributed by atoms with Crippen LogP contribution < -0.4 is 14.2 Å². The summed E-state index contributed by atoms with van der Waals surface area (Å²) < 4.78 is 26.4. The molecule has 1 atom stereocenters. The molecular weight excluding hydrogens is 400 g/mol. The molecule has 2 aliphatic rings. The minimum Gasteiger partial charge on any atom is -0.507 e. The monoisotopic (exact) mass is 416 g/mol. The Kier molecular flexibility index (Phi) is 4.60. The van der Waals surface area contributed by atoms with Gasteiger partial charge in [0, 0.05) is 7.11 Å². The van der Waals surface area contributed by atoms with Gasteiger partial charge in [-0.1, -0.05) is 0 Å². The average molecular weight is 416 g/mol. The maximum Gasteiger partial charge on any atom is 0.347 e. The number of hydrogen-bond acceptors (Lipinski definition) is 10. The third-order valence-corrected chi connectivity index (χ3v) is 4.90. The summed E-state index contributed by atoms with van der Waals surface area (Å²) in [5.41, 5.74) is -0.364. The molecule has 2 aliphatic heterocycles. The molecule has 10 nitrogen and oxygen atoms in total. The lowest BCUT2D eigenvalue weighted by atomic mass is 10.0. The van der Waals surface area contributed by atoms with Crippen molar-refractivity contribution >= 4 is 18.2 Å². The van der Waals surface area contributed by atoms with Crippen LogP contribution in [-0.4, -0.2) is 42.7 Å². The molecule has 2 heterocycles. The molecular formula is C20H16O10. The highest BCUT2D eigenvalue weighted by atomic mass is 16.6. The van der Waals surface area contributed by atoms with Crippen molar-refractivity contribution in [2.24, 2.45) is 0 Å². The summed E-state index contributed by atoms with van der Waals surface area (Å²) in [5, 5.41) is 20.8. The first-order valence-corrected chi connectivity index (χ1v) is 8.70. The van der Waals surface area contributed by atoms with Gasteiger partial charge in [0.1, 0.15) is 22.6 Å². The van der Waals surface area contributed by atoms with E-state index in [4.69, 9.17) is 23.7 Å². The topological polar surface area (TPSA) is 138 Å². The van der Waals surface area contributed by atoms with E-state index >= 15 is 0 Å². The number of phenolic OH excluding ortho intramolecular Hbond substituents is 1. The molecule has 156 valence electrons. The van der Waals surface area contributed by atoms with Gasteiger partial charge in [-0.15, -0.1) is 0 Å². The number of ether oxygens (including phenoxy) is 5.